The summed E-state index contributed by atoms with van der Waals surface area (Å²) >= 11 is 3.36. The van der Waals surface area contributed by atoms with E-state index in [2.05, 4.69) is 33.0 Å². The van der Waals surface area contributed by atoms with E-state index in [-0.39, 0.29) is 0 Å². The van der Waals surface area contributed by atoms with Crippen LogP contribution >= 0.6 is 15.9 Å². The van der Waals surface area contributed by atoms with Crippen molar-refractivity contribution in [1.29, 1.82) is 0 Å². The van der Waals surface area contributed by atoms with Gasteiger partial charge in [-0.1, -0.05) is 46.3 Å². The van der Waals surface area contributed by atoms with Crippen molar-refractivity contribution < 1.29 is 9.90 Å². The molecule has 104 valence electrons. The minimum absolute atomic E-state index is 0.293. The van der Waals surface area contributed by atoms with Crippen molar-refractivity contribution in [2.75, 3.05) is 18.5 Å². The average Bonchev–Trinajstić information content (AvgIpc) is 2.45. The van der Waals surface area contributed by atoms with Gasteiger partial charge in [0.15, 0.2) is 0 Å². The SMILES string of the molecule is CN(CCc1ccccc1)c1cc(Br)cc(C(=O)O)c1. The first kappa shape index (κ1) is 14.6. The van der Waals surface area contributed by atoms with Crippen LogP contribution in [-0.4, -0.2) is 24.7 Å². The maximum atomic E-state index is 11.1. The average molecular weight is 334 g/mol. The number of carbonyl (C=O) groups is 1. The molecule has 0 heterocycles. The van der Waals surface area contributed by atoms with Crippen LogP contribution in [0.3, 0.4) is 0 Å². The van der Waals surface area contributed by atoms with Gasteiger partial charge in [0.05, 0.1) is 5.56 Å². The van der Waals surface area contributed by atoms with Gasteiger partial charge in [-0.3, -0.25) is 0 Å². The zero-order valence-corrected chi connectivity index (χ0v) is 12.8. The molecule has 0 atom stereocenters. The highest BCUT2D eigenvalue weighted by atomic mass is 79.9. The molecular weight excluding hydrogens is 318 g/mol. The van der Waals surface area contributed by atoms with Crippen molar-refractivity contribution in [2.45, 2.75) is 6.42 Å². The first-order chi connectivity index (χ1) is 9.56. The maximum absolute atomic E-state index is 11.1. The van der Waals surface area contributed by atoms with Crippen molar-refractivity contribution in [1.82, 2.24) is 0 Å². The number of rotatable bonds is 5. The van der Waals surface area contributed by atoms with Crippen LogP contribution in [-0.2, 0) is 6.42 Å². The maximum Gasteiger partial charge on any atom is 0.335 e. The first-order valence-electron chi connectivity index (χ1n) is 6.35. The van der Waals surface area contributed by atoms with Gasteiger partial charge in [-0.15, -0.1) is 0 Å². The molecule has 0 radical (unpaired) electrons. The Morgan fingerprint density at radius 3 is 2.55 bits per heavy atom. The topological polar surface area (TPSA) is 40.5 Å². The quantitative estimate of drug-likeness (QED) is 0.904. The van der Waals surface area contributed by atoms with Gasteiger partial charge in [-0.05, 0) is 30.2 Å². The Morgan fingerprint density at radius 1 is 1.20 bits per heavy atom. The fourth-order valence-electron chi connectivity index (χ4n) is 1.99. The van der Waals surface area contributed by atoms with Crippen molar-refractivity contribution in [2.24, 2.45) is 0 Å². The predicted octanol–water partition coefficient (Wildman–Crippen LogP) is 3.83. The summed E-state index contributed by atoms with van der Waals surface area (Å²) < 4.78 is 0.777. The molecule has 0 aromatic heterocycles. The molecule has 3 nitrogen and oxygen atoms in total. The number of benzene rings is 2. The Labute approximate surface area is 127 Å². The predicted molar refractivity (Wildman–Crippen MR) is 84.5 cm³/mol. The molecule has 0 saturated carbocycles. The van der Waals surface area contributed by atoms with E-state index in [0.717, 1.165) is 23.1 Å². The van der Waals surface area contributed by atoms with Gasteiger partial charge in [0.1, 0.15) is 0 Å². The summed E-state index contributed by atoms with van der Waals surface area (Å²) in [4.78, 5) is 13.1. The molecule has 4 heteroatoms. The molecule has 1 N–H and O–H groups in total. The molecule has 2 aromatic rings. The summed E-state index contributed by atoms with van der Waals surface area (Å²) in [5, 5.41) is 9.08. The Bertz CT molecular complexity index is 599. The number of nitrogens with zero attached hydrogens (tertiary/aromatic N) is 1. The second-order valence-corrected chi connectivity index (χ2v) is 5.58. The van der Waals surface area contributed by atoms with Gasteiger partial charge in [-0.25, -0.2) is 4.79 Å². The monoisotopic (exact) mass is 333 g/mol. The van der Waals surface area contributed by atoms with Crippen LogP contribution in [0.1, 0.15) is 15.9 Å². The molecule has 0 aliphatic carbocycles. The molecule has 2 aromatic carbocycles. The molecule has 0 aliphatic rings. The largest absolute Gasteiger partial charge is 0.478 e. The van der Waals surface area contributed by atoms with Crippen LogP contribution in [0.4, 0.5) is 5.69 Å². The van der Waals surface area contributed by atoms with Crippen molar-refractivity contribution in [3.05, 3.63) is 64.1 Å². The highest BCUT2D eigenvalue weighted by Crippen LogP contribution is 2.22. The standard InChI is InChI=1S/C16H16BrNO2/c1-18(8-7-12-5-3-2-4-6-12)15-10-13(16(19)20)9-14(17)11-15/h2-6,9-11H,7-8H2,1H3,(H,19,20). The molecule has 0 amide bonds. The summed E-state index contributed by atoms with van der Waals surface area (Å²) in [6.45, 7) is 0.833. The Morgan fingerprint density at radius 2 is 1.90 bits per heavy atom. The number of aromatic carboxylic acids is 1. The zero-order chi connectivity index (χ0) is 14.5. The third kappa shape index (κ3) is 3.84. The van der Waals surface area contributed by atoms with Gasteiger partial charge in [0.2, 0.25) is 0 Å². The summed E-state index contributed by atoms with van der Waals surface area (Å²) in [5.74, 6) is -0.913. The third-order valence-corrected chi connectivity index (χ3v) is 3.61. The molecule has 0 saturated heterocycles. The highest BCUT2D eigenvalue weighted by molar-refractivity contribution is 9.10. The molecule has 20 heavy (non-hydrogen) atoms. The molecule has 0 spiro atoms. The van der Waals surface area contributed by atoms with E-state index in [0.29, 0.717) is 5.56 Å². The van der Waals surface area contributed by atoms with Crippen LogP contribution in [0.5, 0.6) is 0 Å². The van der Waals surface area contributed by atoms with Gasteiger partial charge in [0, 0.05) is 23.8 Å². The zero-order valence-electron chi connectivity index (χ0n) is 11.2. The van der Waals surface area contributed by atoms with Gasteiger partial charge >= 0.3 is 5.97 Å². The lowest BCUT2D eigenvalue weighted by Crippen LogP contribution is -2.20. The molecule has 0 fully saturated rings. The lowest BCUT2D eigenvalue weighted by molar-refractivity contribution is 0.0697. The summed E-state index contributed by atoms with van der Waals surface area (Å²) in [7, 11) is 1.97. The molecule has 0 unspecified atom stereocenters. The van der Waals surface area contributed by atoms with E-state index in [9.17, 15) is 4.79 Å². The van der Waals surface area contributed by atoms with Crippen LogP contribution in [0.15, 0.2) is 53.0 Å². The molecule has 0 bridgehead atoms. The summed E-state index contributed by atoms with van der Waals surface area (Å²) in [6, 6.07) is 15.5. The van der Waals surface area contributed by atoms with Gasteiger partial charge in [0.25, 0.3) is 0 Å². The lowest BCUT2D eigenvalue weighted by Gasteiger charge is -2.20. The number of likely N-dealkylation sites (N-methyl/N-ethyl adjacent to an activating group) is 1. The number of anilines is 1. The van der Waals surface area contributed by atoms with E-state index in [1.54, 1.807) is 12.1 Å². The minimum Gasteiger partial charge on any atom is -0.478 e. The first-order valence-corrected chi connectivity index (χ1v) is 7.14. The Kier molecular flexibility index (Phi) is 4.79. The third-order valence-electron chi connectivity index (χ3n) is 3.15. The smallest absolute Gasteiger partial charge is 0.335 e. The Balaban J connectivity index is 2.09. The number of hydrogen-bond donors (Lipinski definition) is 1. The Hall–Kier alpha value is -1.81. The second kappa shape index (κ2) is 6.57. The minimum atomic E-state index is -0.913. The van der Waals surface area contributed by atoms with E-state index < -0.39 is 5.97 Å². The fourth-order valence-corrected chi connectivity index (χ4v) is 2.47. The van der Waals surface area contributed by atoms with Crippen LogP contribution < -0.4 is 4.90 Å². The van der Waals surface area contributed by atoms with E-state index in [4.69, 9.17) is 5.11 Å². The number of hydrogen-bond acceptors (Lipinski definition) is 2. The summed E-state index contributed by atoms with van der Waals surface area (Å²) in [6.07, 6.45) is 0.923. The summed E-state index contributed by atoms with van der Waals surface area (Å²) in [5.41, 5.74) is 2.46. The van der Waals surface area contributed by atoms with E-state index in [1.165, 1.54) is 5.56 Å². The number of carboxylic acids is 1. The molecular formula is C16H16BrNO2. The number of halogens is 1. The molecule has 2 rings (SSSR count). The van der Waals surface area contributed by atoms with Crippen molar-refractivity contribution in [3.63, 3.8) is 0 Å². The molecule has 0 aliphatic heterocycles. The second-order valence-electron chi connectivity index (χ2n) is 4.66. The lowest BCUT2D eigenvalue weighted by atomic mass is 10.1. The van der Waals surface area contributed by atoms with E-state index >= 15 is 0 Å². The van der Waals surface area contributed by atoms with Gasteiger partial charge < -0.3 is 10.0 Å². The van der Waals surface area contributed by atoms with Crippen LogP contribution in [0, 0.1) is 0 Å². The van der Waals surface area contributed by atoms with Gasteiger partial charge in [-0.2, -0.15) is 0 Å². The van der Waals surface area contributed by atoms with Crippen molar-refractivity contribution in [3.8, 4) is 0 Å². The normalized spacial score (nSPS) is 10.3. The fraction of sp³-hybridized carbons (Fsp3) is 0.188. The number of carboxylic acid groups (broad SMARTS) is 1. The van der Waals surface area contributed by atoms with Crippen molar-refractivity contribution >= 4 is 27.6 Å². The van der Waals surface area contributed by atoms with Crippen LogP contribution in [0.2, 0.25) is 0 Å². The highest BCUT2D eigenvalue weighted by Gasteiger charge is 2.09. The van der Waals surface area contributed by atoms with E-state index in [1.807, 2.05) is 31.3 Å². The van der Waals surface area contributed by atoms with Crippen LogP contribution in [0.25, 0.3) is 0 Å².